The average molecular weight is 303 g/mol. The van der Waals surface area contributed by atoms with Crippen LogP contribution in [0.3, 0.4) is 0 Å². The van der Waals surface area contributed by atoms with Gasteiger partial charge in [0.25, 0.3) is 0 Å². The Kier molecular flexibility index (Phi) is 3.57. The molecule has 0 saturated carbocycles. The highest BCUT2D eigenvalue weighted by Crippen LogP contribution is 2.29. The van der Waals surface area contributed by atoms with Crippen LogP contribution in [-0.4, -0.2) is 28.6 Å². The summed E-state index contributed by atoms with van der Waals surface area (Å²) in [6.07, 6.45) is 3.21. The predicted molar refractivity (Wildman–Crippen MR) is 80.2 cm³/mol. The van der Waals surface area contributed by atoms with Crippen molar-refractivity contribution in [1.82, 2.24) is 4.98 Å². The summed E-state index contributed by atoms with van der Waals surface area (Å²) in [7, 11) is 0. The number of aromatic nitrogens is 1. The Labute approximate surface area is 125 Å². The molecule has 2 aromatic rings. The summed E-state index contributed by atoms with van der Waals surface area (Å²) in [4.78, 5) is 29.0. The lowest BCUT2D eigenvalue weighted by Gasteiger charge is -2.29. The summed E-state index contributed by atoms with van der Waals surface area (Å²) < 4.78 is 0. The van der Waals surface area contributed by atoms with Crippen molar-refractivity contribution >= 4 is 34.2 Å². The monoisotopic (exact) mass is 303 g/mol. The number of benzene rings is 1. The van der Waals surface area contributed by atoms with E-state index >= 15 is 0 Å². The number of aryl methyl sites for hydroxylation is 1. The standard InChI is InChI=1S/C14H13N3O3S/c18-12(19)10-3-4-11-9(8-10)2-1-6-17(11)14(20)16-13-15-5-7-21-13/h3-5,7-8H,1-2,6H2,(H,18,19)(H,15,16,20). The molecule has 6 nitrogen and oxygen atoms in total. The van der Waals surface area contributed by atoms with Crippen molar-refractivity contribution in [3.8, 4) is 0 Å². The summed E-state index contributed by atoms with van der Waals surface area (Å²) in [5.41, 5.74) is 1.90. The molecule has 0 spiro atoms. The van der Waals surface area contributed by atoms with Gasteiger partial charge in [-0.15, -0.1) is 11.3 Å². The molecule has 7 heteroatoms. The number of nitrogens with one attached hydrogen (secondary N) is 1. The van der Waals surface area contributed by atoms with Crippen LogP contribution in [0.4, 0.5) is 15.6 Å². The molecule has 0 fully saturated rings. The molecular weight excluding hydrogens is 290 g/mol. The third kappa shape index (κ3) is 2.73. The second kappa shape index (κ2) is 5.53. The summed E-state index contributed by atoms with van der Waals surface area (Å²) in [5, 5.41) is 14.1. The third-order valence-electron chi connectivity index (χ3n) is 3.34. The van der Waals surface area contributed by atoms with Crippen molar-refractivity contribution < 1.29 is 14.7 Å². The lowest BCUT2D eigenvalue weighted by molar-refractivity contribution is 0.0696. The van der Waals surface area contributed by atoms with Gasteiger partial charge in [-0.25, -0.2) is 14.6 Å². The quantitative estimate of drug-likeness (QED) is 0.893. The number of fused-ring (bicyclic) bond motifs is 1. The Bertz CT molecular complexity index is 685. The van der Waals surface area contributed by atoms with Crippen LogP contribution in [-0.2, 0) is 6.42 Å². The van der Waals surface area contributed by atoms with Gasteiger partial charge in [0.2, 0.25) is 0 Å². The van der Waals surface area contributed by atoms with Crippen LogP contribution in [0.5, 0.6) is 0 Å². The summed E-state index contributed by atoms with van der Waals surface area (Å²) >= 11 is 1.36. The molecule has 21 heavy (non-hydrogen) atoms. The Balaban J connectivity index is 1.86. The van der Waals surface area contributed by atoms with Crippen molar-refractivity contribution in [2.75, 3.05) is 16.8 Å². The van der Waals surface area contributed by atoms with Crippen molar-refractivity contribution in [3.05, 3.63) is 40.9 Å². The topological polar surface area (TPSA) is 82.5 Å². The molecule has 3 rings (SSSR count). The summed E-state index contributed by atoms with van der Waals surface area (Å²) in [6, 6.07) is 4.62. The van der Waals surface area contributed by atoms with E-state index in [9.17, 15) is 9.59 Å². The van der Waals surface area contributed by atoms with Crippen LogP contribution in [0, 0.1) is 0 Å². The highest BCUT2D eigenvalue weighted by Gasteiger charge is 2.23. The van der Waals surface area contributed by atoms with E-state index in [2.05, 4.69) is 10.3 Å². The highest BCUT2D eigenvalue weighted by atomic mass is 32.1. The van der Waals surface area contributed by atoms with Gasteiger partial charge >= 0.3 is 12.0 Å². The van der Waals surface area contributed by atoms with Crippen LogP contribution < -0.4 is 10.2 Å². The first kappa shape index (κ1) is 13.6. The number of nitrogens with zero attached hydrogens (tertiary/aromatic N) is 2. The van der Waals surface area contributed by atoms with Crippen LogP contribution in [0.2, 0.25) is 0 Å². The van der Waals surface area contributed by atoms with E-state index in [-0.39, 0.29) is 11.6 Å². The molecule has 0 bridgehead atoms. The van der Waals surface area contributed by atoms with Crippen LogP contribution in [0.25, 0.3) is 0 Å². The molecule has 108 valence electrons. The fraction of sp³-hybridized carbons (Fsp3) is 0.214. The first-order valence-corrected chi connectivity index (χ1v) is 7.37. The molecule has 2 amide bonds. The number of anilines is 2. The van der Waals surface area contributed by atoms with Crippen LogP contribution in [0.1, 0.15) is 22.3 Å². The lowest BCUT2D eigenvalue weighted by atomic mass is 9.99. The van der Waals surface area contributed by atoms with E-state index in [4.69, 9.17) is 5.11 Å². The van der Waals surface area contributed by atoms with E-state index in [0.717, 1.165) is 24.1 Å². The van der Waals surface area contributed by atoms with E-state index in [1.54, 1.807) is 28.6 Å². The molecule has 1 aliphatic rings. The highest BCUT2D eigenvalue weighted by molar-refractivity contribution is 7.13. The van der Waals surface area contributed by atoms with Gasteiger partial charge in [0.05, 0.1) is 5.56 Å². The molecule has 0 aliphatic carbocycles. The van der Waals surface area contributed by atoms with Gasteiger partial charge in [-0.3, -0.25) is 10.2 Å². The summed E-state index contributed by atoms with van der Waals surface area (Å²) in [6.45, 7) is 0.608. The number of urea groups is 1. The first-order chi connectivity index (χ1) is 10.1. The zero-order valence-corrected chi connectivity index (χ0v) is 11.9. The Morgan fingerprint density at radius 3 is 2.95 bits per heavy atom. The number of amides is 2. The number of carboxylic acid groups (broad SMARTS) is 1. The third-order valence-corrected chi connectivity index (χ3v) is 4.02. The van der Waals surface area contributed by atoms with E-state index < -0.39 is 5.97 Å². The maximum atomic E-state index is 12.3. The number of thiazole rings is 1. The van der Waals surface area contributed by atoms with E-state index in [1.807, 2.05) is 0 Å². The van der Waals surface area contributed by atoms with Crippen molar-refractivity contribution in [2.45, 2.75) is 12.8 Å². The van der Waals surface area contributed by atoms with Gasteiger partial charge in [-0.2, -0.15) is 0 Å². The van der Waals surface area contributed by atoms with Gasteiger partial charge in [-0.1, -0.05) is 0 Å². The zero-order valence-electron chi connectivity index (χ0n) is 11.1. The van der Waals surface area contributed by atoms with Crippen molar-refractivity contribution in [2.24, 2.45) is 0 Å². The fourth-order valence-corrected chi connectivity index (χ4v) is 2.90. The van der Waals surface area contributed by atoms with Gasteiger partial charge in [0, 0.05) is 23.8 Å². The predicted octanol–water partition coefficient (Wildman–Crippen LogP) is 2.83. The second-order valence-electron chi connectivity index (χ2n) is 4.67. The molecule has 1 aromatic carbocycles. The number of carboxylic acids is 1. The molecule has 2 N–H and O–H groups in total. The van der Waals surface area contributed by atoms with Crippen molar-refractivity contribution in [3.63, 3.8) is 0 Å². The molecule has 0 atom stereocenters. The number of carbonyl (C=O) groups is 2. The minimum Gasteiger partial charge on any atom is -0.478 e. The van der Waals surface area contributed by atoms with Gasteiger partial charge in [-0.05, 0) is 36.6 Å². The number of hydrogen-bond acceptors (Lipinski definition) is 4. The molecule has 2 heterocycles. The SMILES string of the molecule is O=C(O)c1ccc2c(c1)CCCN2C(=O)Nc1nccs1. The number of rotatable bonds is 2. The Morgan fingerprint density at radius 2 is 2.24 bits per heavy atom. The first-order valence-electron chi connectivity index (χ1n) is 6.49. The Hall–Kier alpha value is -2.41. The molecule has 1 aliphatic heterocycles. The minimum absolute atomic E-state index is 0.242. The smallest absolute Gasteiger partial charge is 0.335 e. The fourth-order valence-electron chi connectivity index (χ4n) is 2.39. The number of aromatic carboxylic acids is 1. The molecule has 0 unspecified atom stereocenters. The maximum absolute atomic E-state index is 12.3. The Morgan fingerprint density at radius 1 is 1.38 bits per heavy atom. The number of hydrogen-bond donors (Lipinski definition) is 2. The molecule has 0 saturated heterocycles. The lowest BCUT2D eigenvalue weighted by Crippen LogP contribution is -2.38. The number of carbonyl (C=O) groups excluding carboxylic acids is 1. The zero-order chi connectivity index (χ0) is 14.8. The minimum atomic E-state index is -0.956. The average Bonchev–Trinajstić information content (AvgIpc) is 2.98. The van der Waals surface area contributed by atoms with Crippen molar-refractivity contribution in [1.29, 1.82) is 0 Å². The van der Waals surface area contributed by atoms with E-state index in [1.165, 1.54) is 17.4 Å². The maximum Gasteiger partial charge on any atom is 0.335 e. The molecular formula is C14H13N3O3S. The normalized spacial score (nSPS) is 13.6. The van der Waals surface area contributed by atoms with Crippen LogP contribution >= 0.6 is 11.3 Å². The molecule has 1 aromatic heterocycles. The molecule has 0 radical (unpaired) electrons. The van der Waals surface area contributed by atoms with Gasteiger partial charge in [0.1, 0.15) is 0 Å². The second-order valence-corrected chi connectivity index (χ2v) is 5.57. The largest absolute Gasteiger partial charge is 0.478 e. The van der Waals surface area contributed by atoms with Gasteiger partial charge in [0.15, 0.2) is 5.13 Å². The summed E-state index contributed by atoms with van der Waals surface area (Å²) in [5.74, 6) is -0.956. The van der Waals surface area contributed by atoms with E-state index in [0.29, 0.717) is 11.7 Å². The van der Waals surface area contributed by atoms with Crippen LogP contribution in [0.15, 0.2) is 29.8 Å². The van der Waals surface area contributed by atoms with Gasteiger partial charge < -0.3 is 5.11 Å².